The van der Waals surface area contributed by atoms with Gasteiger partial charge in [-0.1, -0.05) is 18.9 Å². The number of nitrogen functional groups attached to an aromatic ring is 1. The summed E-state index contributed by atoms with van der Waals surface area (Å²) in [6, 6.07) is 5.60. The lowest BCUT2D eigenvalue weighted by molar-refractivity contribution is -0.119. The van der Waals surface area contributed by atoms with Crippen LogP contribution in [-0.2, 0) is 4.79 Å². The van der Waals surface area contributed by atoms with E-state index in [1.54, 1.807) is 0 Å². The Morgan fingerprint density at radius 3 is 2.75 bits per heavy atom. The highest BCUT2D eigenvalue weighted by Gasteiger charge is 2.22. The van der Waals surface area contributed by atoms with Crippen LogP contribution in [-0.4, -0.2) is 5.91 Å². The second kappa shape index (κ2) is 4.56. The van der Waals surface area contributed by atoms with Crippen LogP contribution in [0.2, 0.25) is 0 Å². The third-order valence-electron chi connectivity index (χ3n) is 3.25. The first-order valence-electron chi connectivity index (χ1n) is 5.84. The number of nitrogens with one attached hydrogen (secondary N) is 1. The smallest absolute Gasteiger partial charge is 0.227 e. The predicted octanol–water partition coefficient (Wildman–Crippen LogP) is 2.71. The molecule has 1 aromatic carbocycles. The van der Waals surface area contributed by atoms with E-state index in [0.717, 1.165) is 24.1 Å². The van der Waals surface area contributed by atoms with Crippen LogP contribution in [0, 0.1) is 12.8 Å². The minimum atomic E-state index is 0.145. The first kappa shape index (κ1) is 11.0. The Morgan fingerprint density at radius 2 is 2.06 bits per heavy atom. The average molecular weight is 218 g/mol. The molecule has 2 rings (SSSR count). The Bertz CT molecular complexity index is 395. The van der Waals surface area contributed by atoms with Crippen molar-refractivity contribution in [3.8, 4) is 0 Å². The molecule has 0 aliphatic heterocycles. The number of benzene rings is 1. The minimum absolute atomic E-state index is 0.145. The van der Waals surface area contributed by atoms with Gasteiger partial charge in [0.1, 0.15) is 0 Å². The Labute approximate surface area is 96.0 Å². The van der Waals surface area contributed by atoms with Crippen molar-refractivity contribution in [2.24, 2.45) is 5.92 Å². The number of carbonyl (C=O) groups is 1. The summed E-state index contributed by atoms with van der Waals surface area (Å²) in [4.78, 5) is 11.9. The van der Waals surface area contributed by atoms with Crippen LogP contribution in [0.1, 0.15) is 31.2 Å². The summed E-state index contributed by atoms with van der Waals surface area (Å²) < 4.78 is 0. The van der Waals surface area contributed by atoms with Gasteiger partial charge in [0.25, 0.3) is 0 Å². The quantitative estimate of drug-likeness (QED) is 0.750. The van der Waals surface area contributed by atoms with Gasteiger partial charge in [-0.3, -0.25) is 4.79 Å². The molecule has 0 atom stereocenters. The van der Waals surface area contributed by atoms with Crippen LogP contribution in [0.4, 0.5) is 11.4 Å². The van der Waals surface area contributed by atoms with E-state index in [-0.39, 0.29) is 11.8 Å². The zero-order chi connectivity index (χ0) is 11.5. The second-order valence-corrected chi connectivity index (χ2v) is 4.54. The Hall–Kier alpha value is -1.51. The van der Waals surface area contributed by atoms with Crippen LogP contribution in [0.25, 0.3) is 0 Å². The predicted molar refractivity (Wildman–Crippen MR) is 66.2 cm³/mol. The molecular formula is C13H18N2O. The molecule has 0 aromatic heterocycles. The van der Waals surface area contributed by atoms with Crippen LogP contribution < -0.4 is 11.1 Å². The fraction of sp³-hybridized carbons (Fsp3) is 0.462. The summed E-state index contributed by atoms with van der Waals surface area (Å²) in [6.07, 6.45) is 4.39. The van der Waals surface area contributed by atoms with Gasteiger partial charge in [-0.2, -0.15) is 0 Å². The molecule has 0 unspecified atom stereocenters. The van der Waals surface area contributed by atoms with E-state index in [1.807, 2.05) is 25.1 Å². The molecule has 1 aliphatic carbocycles. The lowest BCUT2D eigenvalue weighted by atomic mass is 10.1. The van der Waals surface area contributed by atoms with Crippen molar-refractivity contribution in [1.29, 1.82) is 0 Å². The lowest BCUT2D eigenvalue weighted by Crippen LogP contribution is -2.20. The maximum absolute atomic E-state index is 11.9. The van der Waals surface area contributed by atoms with Crippen molar-refractivity contribution in [2.75, 3.05) is 11.1 Å². The van der Waals surface area contributed by atoms with Crippen molar-refractivity contribution in [3.63, 3.8) is 0 Å². The van der Waals surface area contributed by atoms with Crippen LogP contribution in [0.5, 0.6) is 0 Å². The molecule has 3 N–H and O–H groups in total. The number of amides is 1. The van der Waals surface area contributed by atoms with Gasteiger partial charge in [0, 0.05) is 17.3 Å². The molecule has 1 amide bonds. The van der Waals surface area contributed by atoms with E-state index in [9.17, 15) is 4.79 Å². The van der Waals surface area contributed by atoms with Crippen molar-refractivity contribution >= 4 is 17.3 Å². The highest BCUT2D eigenvalue weighted by molar-refractivity contribution is 5.93. The first-order chi connectivity index (χ1) is 7.66. The van der Waals surface area contributed by atoms with Crippen LogP contribution in [0.15, 0.2) is 18.2 Å². The molecule has 0 radical (unpaired) electrons. The van der Waals surface area contributed by atoms with Crippen LogP contribution in [0.3, 0.4) is 0 Å². The second-order valence-electron chi connectivity index (χ2n) is 4.54. The van der Waals surface area contributed by atoms with Gasteiger partial charge >= 0.3 is 0 Å². The molecule has 0 spiro atoms. The lowest BCUT2D eigenvalue weighted by Gasteiger charge is -2.12. The number of aryl methyl sites for hydroxylation is 1. The molecule has 0 heterocycles. The Balaban J connectivity index is 2.07. The topological polar surface area (TPSA) is 55.1 Å². The average Bonchev–Trinajstić information content (AvgIpc) is 2.76. The van der Waals surface area contributed by atoms with Crippen LogP contribution >= 0.6 is 0 Å². The van der Waals surface area contributed by atoms with E-state index in [2.05, 4.69) is 5.32 Å². The van der Waals surface area contributed by atoms with Crippen molar-refractivity contribution in [3.05, 3.63) is 23.8 Å². The maximum atomic E-state index is 11.9. The van der Waals surface area contributed by atoms with Gasteiger partial charge in [-0.25, -0.2) is 0 Å². The minimum Gasteiger partial charge on any atom is -0.399 e. The number of hydrogen-bond acceptors (Lipinski definition) is 2. The summed E-state index contributed by atoms with van der Waals surface area (Å²) in [5, 5.41) is 2.97. The Kier molecular flexibility index (Phi) is 3.13. The highest BCUT2D eigenvalue weighted by Crippen LogP contribution is 2.27. The van der Waals surface area contributed by atoms with Gasteiger partial charge in [0.15, 0.2) is 0 Å². The molecular weight excluding hydrogens is 200 g/mol. The summed E-state index contributed by atoms with van der Waals surface area (Å²) >= 11 is 0. The monoisotopic (exact) mass is 218 g/mol. The maximum Gasteiger partial charge on any atom is 0.227 e. The third-order valence-corrected chi connectivity index (χ3v) is 3.25. The van der Waals surface area contributed by atoms with E-state index in [4.69, 9.17) is 5.73 Å². The summed E-state index contributed by atoms with van der Waals surface area (Å²) in [7, 11) is 0. The summed E-state index contributed by atoms with van der Waals surface area (Å²) in [5.41, 5.74) is 8.29. The molecule has 1 aromatic rings. The highest BCUT2D eigenvalue weighted by atomic mass is 16.1. The van der Waals surface area contributed by atoms with Gasteiger partial charge in [-0.05, 0) is 37.5 Å². The number of rotatable bonds is 2. The van der Waals surface area contributed by atoms with E-state index in [0.29, 0.717) is 5.69 Å². The number of nitrogens with two attached hydrogens (primary N) is 1. The zero-order valence-electron chi connectivity index (χ0n) is 9.62. The summed E-state index contributed by atoms with van der Waals surface area (Å²) in [6.45, 7) is 1.98. The molecule has 1 aliphatic rings. The largest absolute Gasteiger partial charge is 0.399 e. The zero-order valence-corrected chi connectivity index (χ0v) is 9.62. The molecule has 86 valence electrons. The number of hydrogen-bond donors (Lipinski definition) is 2. The molecule has 0 bridgehead atoms. The van der Waals surface area contributed by atoms with Crippen molar-refractivity contribution in [1.82, 2.24) is 0 Å². The van der Waals surface area contributed by atoms with E-state index >= 15 is 0 Å². The number of anilines is 2. The molecule has 16 heavy (non-hydrogen) atoms. The molecule has 3 nitrogen and oxygen atoms in total. The standard InChI is InChI=1S/C13H18N2O/c1-9-6-7-11(14)8-12(9)15-13(16)10-4-2-3-5-10/h6-8,10H,2-5,14H2,1H3,(H,15,16). The summed E-state index contributed by atoms with van der Waals surface area (Å²) in [5.74, 6) is 0.340. The van der Waals surface area contributed by atoms with Gasteiger partial charge < -0.3 is 11.1 Å². The van der Waals surface area contributed by atoms with Gasteiger partial charge in [-0.15, -0.1) is 0 Å². The van der Waals surface area contributed by atoms with Crippen molar-refractivity contribution in [2.45, 2.75) is 32.6 Å². The van der Waals surface area contributed by atoms with E-state index < -0.39 is 0 Å². The van der Waals surface area contributed by atoms with Gasteiger partial charge in [0.05, 0.1) is 0 Å². The van der Waals surface area contributed by atoms with Gasteiger partial charge in [0.2, 0.25) is 5.91 Å². The van der Waals surface area contributed by atoms with E-state index in [1.165, 1.54) is 12.8 Å². The molecule has 3 heteroatoms. The fourth-order valence-corrected chi connectivity index (χ4v) is 2.20. The SMILES string of the molecule is Cc1ccc(N)cc1NC(=O)C1CCCC1. The third kappa shape index (κ3) is 2.35. The molecule has 1 fully saturated rings. The molecule has 1 saturated carbocycles. The first-order valence-corrected chi connectivity index (χ1v) is 5.84. The fourth-order valence-electron chi connectivity index (χ4n) is 2.20. The Morgan fingerprint density at radius 1 is 1.38 bits per heavy atom. The van der Waals surface area contributed by atoms with Crippen molar-refractivity contribution < 1.29 is 4.79 Å². The normalized spacial score (nSPS) is 16.3. The molecule has 0 saturated heterocycles. The number of carbonyl (C=O) groups excluding carboxylic acids is 1.